The summed E-state index contributed by atoms with van der Waals surface area (Å²) in [6.45, 7) is -0.431. The van der Waals surface area contributed by atoms with E-state index in [0.29, 0.717) is 0 Å². The van der Waals surface area contributed by atoms with Crippen LogP contribution in [0.1, 0.15) is 10.6 Å². The number of nitrogens with one attached hydrogen (secondary N) is 2. The van der Waals surface area contributed by atoms with Gasteiger partial charge in [-0.1, -0.05) is 12.1 Å². The Labute approximate surface area is 113 Å². The van der Waals surface area contributed by atoms with Crippen molar-refractivity contribution < 1.29 is 23.1 Å². The molecule has 2 N–H and O–H groups in total. The summed E-state index contributed by atoms with van der Waals surface area (Å²) in [6.07, 6.45) is 1.33. The number of para-hydroxylation sites is 1. The van der Waals surface area contributed by atoms with Gasteiger partial charge in [-0.3, -0.25) is 20.4 Å². The summed E-state index contributed by atoms with van der Waals surface area (Å²) in [6, 6.07) is 8.67. The smallest absolute Gasteiger partial charge is 0.305 e. The maximum Gasteiger partial charge on any atom is 0.305 e. The topological polar surface area (TPSA) is 80.6 Å². The molecule has 0 aliphatic heterocycles. The highest BCUT2D eigenvalue weighted by Gasteiger charge is 2.10. The summed E-state index contributed by atoms with van der Waals surface area (Å²) in [5.74, 6) is -1.79. The first-order valence-corrected chi connectivity index (χ1v) is 5.67. The summed E-state index contributed by atoms with van der Waals surface area (Å²) >= 11 is 0. The van der Waals surface area contributed by atoms with Crippen LogP contribution in [-0.4, -0.2) is 18.4 Å². The standard InChI is InChI=1S/C13H11FN2O4/c14-9-4-1-2-5-10(9)20-8-12(17)15-16-13(18)11-6-3-7-19-11/h1-7H,8H2,(H,15,17)(H,16,18). The number of benzene rings is 1. The molecular weight excluding hydrogens is 267 g/mol. The lowest BCUT2D eigenvalue weighted by atomic mass is 10.3. The van der Waals surface area contributed by atoms with Crippen molar-refractivity contribution in [2.24, 2.45) is 0 Å². The van der Waals surface area contributed by atoms with E-state index < -0.39 is 24.2 Å². The number of hydrogen-bond acceptors (Lipinski definition) is 4. The zero-order valence-corrected chi connectivity index (χ0v) is 10.3. The lowest BCUT2D eigenvalue weighted by molar-refractivity contribution is -0.123. The van der Waals surface area contributed by atoms with E-state index in [-0.39, 0.29) is 11.5 Å². The third kappa shape index (κ3) is 3.58. The molecule has 0 bridgehead atoms. The van der Waals surface area contributed by atoms with E-state index in [9.17, 15) is 14.0 Å². The molecule has 1 heterocycles. The molecule has 1 aromatic carbocycles. The number of halogens is 1. The van der Waals surface area contributed by atoms with Gasteiger partial charge in [-0.15, -0.1) is 0 Å². The number of hydrazine groups is 1. The van der Waals surface area contributed by atoms with Crippen LogP contribution >= 0.6 is 0 Å². The molecule has 0 radical (unpaired) electrons. The van der Waals surface area contributed by atoms with Crippen LogP contribution in [0.5, 0.6) is 5.75 Å². The van der Waals surface area contributed by atoms with Gasteiger partial charge in [0.05, 0.1) is 6.26 Å². The molecule has 104 valence electrons. The normalized spacial score (nSPS) is 9.85. The average Bonchev–Trinajstić information content (AvgIpc) is 2.98. The Bertz CT molecular complexity index is 598. The summed E-state index contributed by atoms with van der Waals surface area (Å²) in [4.78, 5) is 22.8. The number of carbonyl (C=O) groups excluding carboxylic acids is 2. The lowest BCUT2D eigenvalue weighted by Crippen LogP contribution is -2.43. The van der Waals surface area contributed by atoms with E-state index in [1.165, 1.54) is 36.6 Å². The molecule has 0 spiro atoms. The molecule has 20 heavy (non-hydrogen) atoms. The molecule has 0 aliphatic carbocycles. The van der Waals surface area contributed by atoms with Crippen LogP contribution < -0.4 is 15.6 Å². The van der Waals surface area contributed by atoms with Gasteiger partial charge in [0.1, 0.15) is 0 Å². The minimum Gasteiger partial charge on any atom is -0.481 e. The Kier molecular flexibility index (Phi) is 4.33. The van der Waals surface area contributed by atoms with Crippen molar-refractivity contribution in [1.29, 1.82) is 0 Å². The fourth-order valence-corrected chi connectivity index (χ4v) is 1.34. The number of hydrogen-bond donors (Lipinski definition) is 2. The number of amides is 2. The second kappa shape index (κ2) is 6.37. The number of carbonyl (C=O) groups is 2. The molecule has 0 fully saturated rings. The fourth-order valence-electron chi connectivity index (χ4n) is 1.34. The van der Waals surface area contributed by atoms with Crippen LogP contribution in [0.3, 0.4) is 0 Å². The molecule has 0 atom stereocenters. The maximum absolute atomic E-state index is 13.2. The average molecular weight is 278 g/mol. The summed E-state index contributed by atoms with van der Waals surface area (Å²) < 4.78 is 23.0. The number of furan rings is 1. The Morgan fingerprint density at radius 2 is 1.95 bits per heavy atom. The van der Waals surface area contributed by atoms with Gasteiger partial charge in [0.25, 0.3) is 5.91 Å². The van der Waals surface area contributed by atoms with Crippen molar-refractivity contribution in [3.8, 4) is 5.75 Å². The van der Waals surface area contributed by atoms with E-state index in [0.717, 1.165) is 0 Å². The Balaban J connectivity index is 1.76. The van der Waals surface area contributed by atoms with Gasteiger partial charge in [-0.2, -0.15) is 0 Å². The highest BCUT2D eigenvalue weighted by Crippen LogP contribution is 2.14. The molecule has 2 amide bonds. The fraction of sp³-hybridized carbons (Fsp3) is 0.0769. The van der Waals surface area contributed by atoms with Gasteiger partial charge in [0.15, 0.2) is 23.9 Å². The first kappa shape index (κ1) is 13.6. The van der Waals surface area contributed by atoms with Crippen molar-refractivity contribution in [3.05, 3.63) is 54.2 Å². The monoisotopic (exact) mass is 278 g/mol. The lowest BCUT2D eigenvalue weighted by Gasteiger charge is -2.08. The summed E-state index contributed by atoms with van der Waals surface area (Å²) in [7, 11) is 0. The molecular formula is C13H11FN2O4. The van der Waals surface area contributed by atoms with Gasteiger partial charge in [0, 0.05) is 0 Å². The Morgan fingerprint density at radius 1 is 1.15 bits per heavy atom. The predicted octanol–water partition coefficient (Wildman–Crippen LogP) is 1.26. The highest BCUT2D eigenvalue weighted by molar-refractivity contribution is 5.92. The highest BCUT2D eigenvalue weighted by atomic mass is 19.1. The minimum absolute atomic E-state index is 0.0417. The first-order chi connectivity index (χ1) is 9.66. The van der Waals surface area contributed by atoms with E-state index in [1.807, 2.05) is 0 Å². The molecule has 7 heteroatoms. The van der Waals surface area contributed by atoms with Crippen molar-refractivity contribution in [1.82, 2.24) is 10.9 Å². The van der Waals surface area contributed by atoms with Crippen LogP contribution in [0.15, 0.2) is 47.1 Å². The van der Waals surface area contributed by atoms with Crippen LogP contribution in [0.2, 0.25) is 0 Å². The zero-order valence-electron chi connectivity index (χ0n) is 10.3. The van der Waals surface area contributed by atoms with Gasteiger partial charge in [-0.05, 0) is 24.3 Å². The predicted molar refractivity (Wildman–Crippen MR) is 66.2 cm³/mol. The largest absolute Gasteiger partial charge is 0.481 e. The summed E-state index contributed by atoms with van der Waals surface area (Å²) in [5.41, 5.74) is 4.24. The maximum atomic E-state index is 13.2. The Hall–Kier alpha value is -2.83. The van der Waals surface area contributed by atoms with E-state index >= 15 is 0 Å². The number of ether oxygens (including phenoxy) is 1. The molecule has 2 aromatic rings. The van der Waals surface area contributed by atoms with Crippen molar-refractivity contribution in [2.75, 3.05) is 6.61 Å². The van der Waals surface area contributed by atoms with Gasteiger partial charge < -0.3 is 9.15 Å². The first-order valence-electron chi connectivity index (χ1n) is 5.67. The molecule has 0 unspecified atom stereocenters. The van der Waals surface area contributed by atoms with Crippen LogP contribution in [0.4, 0.5) is 4.39 Å². The van der Waals surface area contributed by atoms with Crippen LogP contribution in [-0.2, 0) is 4.79 Å². The van der Waals surface area contributed by atoms with Gasteiger partial charge in [-0.25, -0.2) is 4.39 Å². The number of rotatable bonds is 4. The minimum atomic E-state index is -0.631. The van der Waals surface area contributed by atoms with E-state index in [4.69, 9.17) is 9.15 Å². The van der Waals surface area contributed by atoms with Crippen molar-refractivity contribution >= 4 is 11.8 Å². The molecule has 6 nitrogen and oxygen atoms in total. The SMILES string of the molecule is O=C(COc1ccccc1F)NNC(=O)c1ccco1. The third-order valence-corrected chi connectivity index (χ3v) is 2.26. The molecule has 2 rings (SSSR count). The quantitative estimate of drug-likeness (QED) is 0.825. The third-order valence-electron chi connectivity index (χ3n) is 2.26. The van der Waals surface area contributed by atoms with Crippen LogP contribution in [0.25, 0.3) is 0 Å². The molecule has 0 saturated heterocycles. The zero-order chi connectivity index (χ0) is 14.4. The second-order valence-electron chi connectivity index (χ2n) is 3.70. The van der Waals surface area contributed by atoms with Gasteiger partial charge in [0.2, 0.25) is 0 Å². The molecule has 0 saturated carbocycles. The summed E-state index contributed by atoms with van der Waals surface area (Å²) in [5, 5.41) is 0. The van der Waals surface area contributed by atoms with E-state index in [1.54, 1.807) is 6.07 Å². The molecule has 0 aliphatic rings. The Morgan fingerprint density at radius 3 is 2.65 bits per heavy atom. The van der Waals surface area contributed by atoms with E-state index in [2.05, 4.69) is 10.9 Å². The second-order valence-corrected chi connectivity index (χ2v) is 3.70. The van der Waals surface area contributed by atoms with Crippen molar-refractivity contribution in [3.63, 3.8) is 0 Å². The van der Waals surface area contributed by atoms with Crippen LogP contribution in [0, 0.1) is 5.82 Å². The molecule has 1 aromatic heterocycles. The van der Waals surface area contributed by atoms with Gasteiger partial charge >= 0.3 is 5.91 Å². The van der Waals surface area contributed by atoms with Crippen molar-refractivity contribution in [2.45, 2.75) is 0 Å².